The number of oxazole rings is 1. The molecule has 0 aliphatic carbocycles. The number of carbonyl (C=O) groups is 2. The van der Waals surface area contributed by atoms with E-state index in [4.69, 9.17) is 9.68 Å². The second kappa shape index (κ2) is 7.18. The number of aromatic nitrogens is 1. The molecular weight excluding hydrogens is 320 g/mol. The summed E-state index contributed by atoms with van der Waals surface area (Å²) >= 11 is 0. The van der Waals surface area contributed by atoms with Gasteiger partial charge >= 0.3 is 0 Å². The minimum atomic E-state index is -0.629. The van der Waals surface area contributed by atoms with Crippen molar-refractivity contribution in [3.05, 3.63) is 41.9 Å². The van der Waals surface area contributed by atoms with Gasteiger partial charge in [0.15, 0.2) is 17.8 Å². The van der Waals surface area contributed by atoms with Crippen LogP contribution in [0.25, 0.3) is 11.3 Å². The number of hydrogen-bond donors (Lipinski definition) is 1. The highest BCUT2D eigenvalue weighted by Gasteiger charge is 2.26. The summed E-state index contributed by atoms with van der Waals surface area (Å²) in [7, 11) is 0. The van der Waals surface area contributed by atoms with Gasteiger partial charge in [-0.25, -0.2) is 4.98 Å². The van der Waals surface area contributed by atoms with Gasteiger partial charge in [0.1, 0.15) is 6.04 Å². The molecule has 1 N–H and O–H groups in total. The standard InChI is InChI=1S/C18H18N4O3/c1-12(18(24)22-8-2-3-9-22)21-17(23)15-16(25-11-20-15)14-6-4-13(10-19)5-7-14/h4-7,11-12H,2-3,8-9H2,1H3,(H,21,23). The molecule has 1 unspecified atom stereocenters. The number of nitrogens with one attached hydrogen (secondary N) is 1. The lowest BCUT2D eigenvalue weighted by molar-refractivity contribution is -0.131. The predicted octanol–water partition coefficient (Wildman–Crippen LogP) is 1.95. The second-order valence-electron chi connectivity index (χ2n) is 5.95. The predicted molar refractivity (Wildman–Crippen MR) is 89.4 cm³/mol. The molecule has 0 radical (unpaired) electrons. The van der Waals surface area contributed by atoms with Gasteiger partial charge in [0, 0.05) is 18.7 Å². The maximum Gasteiger partial charge on any atom is 0.274 e. The zero-order valence-corrected chi connectivity index (χ0v) is 13.9. The SMILES string of the molecule is CC(NC(=O)c1ncoc1-c1ccc(C#N)cc1)C(=O)N1CCCC1. The average Bonchev–Trinajstić information content (AvgIpc) is 3.32. The lowest BCUT2D eigenvalue weighted by Gasteiger charge is -2.20. The summed E-state index contributed by atoms with van der Waals surface area (Å²) in [6, 6.07) is 8.06. The van der Waals surface area contributed by atoms with E-state index in [1.54, 1.807) is 36.1 Å². The summed E-state index contributed by atoms with van der Waals surface area (Å²) in [5.74, 6) is -0.245. The Balaban J connectivity index is 1.73. The molecular formula is C18H18N4O3. The van der Waals surface area contributed by atoms with E-state index in [0.717, 1.165) is 25.9 Å². The van der Waals surface area contributed by atoms with Gasteiger partial charge in [0.25, 0.3) is 5.91 Å². The molecule has 0 spiro atoms. The van der Waals surface area contributed by atoms with Gasteiger partial charge in [-0.1, -0.05) is 0 Å². The van der Waals surface area contributed by atoms with Crippen LogP contribution in [-0.2, 0) is 4.79 Å². The van der Waals surface area contributed by atoms with Gasteiger partial charge in [-0.3, -0.25) is 9.59 Å². The van der Waals surface area contributed by atoms with E-state index in [9.17, 15) is 9.59 Å². The van der Waals surface area contributed by atoms with E-state index >= 15 is 0 Å². The molecule has 2 aromatic rings. The number of likely N-dealkylation sites (tertiary alicyclic amines) is 1. The van der Waals surface area contributed by atoms with Crippen LogP contribution < -0.4 is 5.32 Å². The third kappa shape index (κ3) is 3.53. The molecule has 0 bridgehead atoms. The Bertz CT molecular complexity index is 814. The van der Waals surface area contributed by atoms with Crippen molar-refractivity contribution in [3.8, 4) is 17.4 Å². The van der Waals surface area contributed by atoms with Gasteiger partial charge < -0.3 is 14.6 Å². The molecule has 2 heterocycles. The molecule has 7 nitrogen and oxygen atoms in total. The molecule has 2 amide bonds. The Hall–Kier alpha value is -3.14. The van der Waals surface area contributed by atoms with Gasteiger partial charge in [-0.2, -0.15) is 5.26 Å². The summed E-state index contributed by atoms with van der Waals surface area (Å²) in [5, 5.41) is 11.5. The number of rotatable bonds is 4. The van der Waals surface area contributed by atoms with Crippen LogP contribution in [0, 0.1) is 11.3 Å². The molecule has 1 aliphatic heterocycles. The van der Waals surface area contributed by atoms with Crippen molar-refractivity contribution in [1.82, 2.24) is 15.2 Å². The summed E-state index contributed by atoms with van der Waals surface area (Å²) in [6.07, 6.45) is 3.19. The summed E-state index contributed by atoms with van der Waals surface area (Å²) in [5.41, 5.74) is 1.27. The monoisotopic (exact) mass is 338 g/mol. The third-order valence-electron chi connectivity index (χ3n) is 4.19. The largest absolute Gasteiger partial charge is 0.443 e. The first-order valence-corrected chi connectivity index (χ1v) is 8.14. The summed E-state index contributed by atoms with van der Waals surface area (Å²) in [4.78, 5) is 30.5. The van der Waals surface area contributed by atoms with Crippen LogP contribution in [0.1, 0.15) is 35.8 Å². The molecule has 3 rings (SSSR count). The molecule has 1 atom stereocenters. The fourth-order valence-electron chi connectivity index (χ4n) is 2.85. The van der Waals surface area contributed by atoms with Crippen molar-refractivity contribution < 1.29 is 14.0 Å². The molecule has 1 fully saturated rings. The molecule has 1 aliphatic rings. The van der Waals surface area contributed by atoms with E-state index in [1.807, 2.05) is 6.07 Å². The lowest BCUT2D eigenvalue weighted by Crippen LogP contribution is -2.46. The quantitative estimate of drug-likeness (QED) is 0.918. The van der Waals surface area contributed by atoms with Crippen LogP contribution in [0.2, 0.25) is 0 Å². The van der Waals surface area contributed by atoms with Crippen molar-refractivity contribution >= 4 is 11.8 Å². The highest BCUT2D eigenvalue weighted by atomic mass is 16.3. The molecule has 1 aromatic carbocycles. The Morgan fingerprint density at radius 1 is 1.28 bits per heavy atom. The average molecular weight is 338 g/mol. The van der Waals surface area contributed by atoms with Gasteiger partial charge in [0.05, 0.1) is 11.6 Å². The first-order valence-electron chi connectivity index (χ1n) is 8.14. The zero-order valence-electron chi connectivity index (χ0n) is 13.9. The zero-order chi connectivity index (χ0) is 17.8. The topological polar surface area (TPSA) is 99.2 Å². The fraction of sp³-hybridized carbons (Fsp3) is 0.333. The van der Waals surface area contributed by atoms with Crippen LogP contribution in [0.15, 0.2) is 35.1 Å². The van der Waals surface area contributed by atoms with Crippen molar-refractivity contribution in [2.75, 3.05) is 13.1 Å². The Morgan fingerprint density at radius 2 is 1.96 bits per heavy atom. The minimum Gasteiger partial charge on any atom is -0.443 e. The Labute approximate surface area is 145 Å². The normalized spacial score (nSPS) is 14.8. The number of carbonyl (C=O) groups excluding carboxylic acids is 2. The highest BCUT2D eigenvalue weighted by Crippen LogP contribution is 2.23. The van der Waals surface area contributed by atoms with Crippen LogP contribution in [0.4, 0.5) is 0 Å². The van der Waals surface area contributed by atoms with Gasteiger partial charge in [-0.15, -0.1) is 0 Å². The minimum absolute atomic E-state index is 0.0886. The number of nitrogens with zero attached hydrogens (tertiary/aromatic N) is 3. The first kappa shape index (κ1) is 16.7. The summed E-state index contributed by atoms with van der Waals surface area (Å²) in [6.45, 7) is 3.14. The molecule has 7 heteroatoms. The van der Waals surface area contributed by atoms with Crippen LogP contribution >= 0.6 is 0 Å². The van der Waals surface area contributed by atoms with Crippen LogP contribution in [-0.4, -0.2) is 40.8 Å². The van der Waals surface area contributed by atoms with Crippen molar-refractivity contribution in [2.45, 2.75) is 25.8 Å². The fourth-order valence-corrected chi connectivity index (χ4v) is 2.85. The Kier molecular flexibility index (Phi) is 4.80. The van der Waals surface area contributed by atoms with Crippen molar-refractivity contribution in [1.29, 1.82) is 5.26 Å². The number of nitriles is 1. The number of amides is 2. The van der Waals surface area contributed by atoms with E-state index in [-0.39, 0.29) is 11.6 Å². The summed E-state index contributed by atoms with van der Waals surface area (Å²) < 4.78 is 5.34. The van der Waals surface area contributed by atoms with E-state index in [0.29, 0.717) is 16.9 Å². The van der Waals surface area contributed by atoms with Gasteiger partial charge in [-0.05, 0) is 44.0 Å². The smallest absolute Gasteiger partial charge is 0.274 e. The van der Waals surface area contributed by atoms with Crippen molar-refractivity contribution in [2.24, 2.45) is 0 Å². The first-order chi connectivity index (χ1) is 12.1. The van der Waals surface area contributed by atoms with Crippen LogP contribution in [0.5, 0.6) is 0 Å². The second-order valence-corrected chi connectivity index (χ2v) is 5.95. The van der Waals surface area contributed by atoms with E-state index < -0.39 is 11.9 Å². The molecule has 0 saturated carbocycles. The number of hydrogen-bond acceptors (Lipinski definition) is 5. The van der Waals surface area contributed by atoms with E-state index in [1.165, 1.54) is 6.39 Å². The molecule has 1 saturated heterocycles. The lowest BCUT2D eigenvalue weighted by atomic mass is 10.1. The third-order valence-corrected chi connectivity index (χ3v) is 4.19. The molecule has 128 valence electrons. The molecule has 1 aromatic heterocycles. The highest BCUT2D eigenvalue weighted by molar-refractivity contribution is 6.00. The molecule has 25 heavy (non-hydrogen) atoms. The van der Waals surface area contributed by atoms with E-state index in [2.05, 4.69) is 10.3 Å². The van der Waals surface area contributed by atoms with Crippen molar-refractivity contribution in [3.63, 3.8) is 0 Å². The number of benzene rings is 1. The maximum absolute atomic E-state index is 12.5. The maximum atomic E-state index is 12.5. The van der Waals surface area contributed by atoms with Gasteiger partial charge in [0.2, 0.25) is 5.91 Å². The Morgan fingerprint density at radius 3 is 2.60 bits per heavy atom. The van der Waals surface area contributed by atoms with Crippen LogP contribution in [0.3, 0.4) is 0 Å².